The fraction of sp³-hybridized carbons (Fsp3) is 0.273. The summed E-state index contributed by atoms with van der Waals surface area (Å²) in [5.74, 6) is 0. The quantitative estimate of drug-likeness (QED) is 0.408. The molecule has 5 rings (SSSR count). The number of rotatable bonds is 5. The van der Waals surface area contributed by atoms with Crippen molar-refractivity contribution < 1.29 is 0 Å². The van der Waals surface area contributed by atoms with Crippen molar-refractivity contribution in [1.82, 2.24) is 20.5 Å². The number of nitrogens with zero attached hydrogens (tertiary/aromatic N) is 2. The largest absolute Gasteiger partial charge is 0.363 e. The molecule has 1 unspecified atom stereocenters. The molecule has 0 bridgehead atoms. The number of nitrogens with one attached hydrogen (secondary N) is 3. The molecule has 0 saturated heterocycles. The van der Waals surface area contributed by atoms with Crippen molar-refractivity contribution >= 4 is 38.7 Å². The van der Waals surface area contributed by atoms with Crippen molar-refractivity contribution in [3.05, 3.63) is 65.5 Å². The van der Waals surface area contributed by atoms with Gasteiger partial charge in [-0.3, -0.25) is 10.1 Å². The average Bonchev–Trinajstić information content (AvgIpc) is 3.46. The monoisotopic (exact) mass is 404 g/mol. The Labute approximate surface area is 173 Å². The third-order valence-electron chi connectivity index (χ3n) is 5.47. The van der Waals surface area contributed by atoms with Crippen LogP contribution in [0.1, 0.15) is 22.1 Å². The minimum Gasteiger partial charge on any atom is -0.363 e. The first kappa shape index (κ1) is 18.3. The maximum atomic E-state index is 6.40. The zero-order valence-corrected chi connectivity index (χ0v) is 17.1. The van der Waals surface area contributed by atoms with Gasteiger partial charge < -0.3 is 16.0 Å². The number of nitrogens with two attached hydrogens (primary N) is 1. The molecule has 29 heavy (non-hydrogen) atoms. The van der Waals surface area contributed by atoms with E-state index in [9.17, 15) is 0 Å². The van der Waals surface area contributed by atoms with Gasteiger partial charge in [0.1, 0.15) is 0 Å². The first-order chi connectivity index (χ1) is 14.2. The number of aromatic amines is 2. The molecule has 2 atom stereocenters. The second-order valence-corrected chi connectivity index (χ2v) is 8.77. The minimum atomic E-state index is 0.0292. The van der Waals surface area contributed by atoms with Crippen molar-refractivity contribution in [2.24, 2.45) is 10.7 Å². The maximum absolute atomic E-state index is 6.40. The predicted octanol–water partition coefficient (Wildman–Crippen LogP) is 3.66. The van der Waals surface area contributed by atoms with E-state index in [0.29, 0.717) is 11.8 Å². The Morgan fingerprint density at radius 1 is 1.24 bits per heavy atom. The van der Waals surface area contributed by atoms with Gasteiger partial charge in [0.25, 0.3) is 0 Å². The Bertz CT molecular complexity index is 1190. The number of benzene rings is 2. The van der Waals surface area contributed by atoms with Crippen LogP contribution in [0.4, 0.5) is 0 Å². The molecule has 6 nitrogen and oxygen atoms in total. The zero-order valence-electron chi connectivity index (χ0n) is 16.3. The summed E-state index contributed by atoms with van der Waals surface area (Å²) in [6.45, 7) is 3.55. The number of aliphatic imine (C=N–C) groups is 1. The molecular formula is C22H24N6S. The van der Waals surface area contributed by atoms with Gasteiger partial charge >= 0.3 is 0 Å². The van der Waals surface area contributed by atoms with E-state index in [-0.39, 0.29) is 6.04 Å². The SMILES string of the molecule is Cc1[nH]nc2ccc(C3CN=C(NC[C@@H](N)Cc4c[nH]c5ccccc45)S3)cc12. The third kappa shape index (κ3) is 3.63. The summed E-state index contributed by atoms with van der Waals surface area (Å²) >= 11 is 1.78. The van der Waals surface area contributed by atoms with Crippen LogP contribution in [0, 0.1) is 6.92 Å². The highest BCUT2D eigenvalue weighted by atomic mass is 32.2. The van der Waals surface area contributed by atoms with E-state index in [1.165, 1.54) is 21.9 Å². The summed E-state index contributed by atoms with van der Waals surface area (Å²) in [6.07, 6.45) is 2.89. The minimum absolute atomic E-state index is 0.0292. The summed E-state index contributed by atoms with van der Waals surface area (Å²) in [7, 11) is 0. The number of hydrogen-bond donors (Lipinski definition) is 4. The zero-order chi connectivity index (χ0) is 19.8. The summed E-state index contributed by atoms with van der Waals surface area (Å²) in [6, 6.07) is 14.8. The molecule has 0 amide bonds. The van der Waals surface area contributed by atoms with Gasteiger partial charge in [-0.1, -0.05) is 36.0 Å². The summed E-state index contributed by atoms with van der Waals surface area (Å²) in [4.78, 5) is 8.00. The Kier molecular flexibility index (Phi) is 4.77. The average molecular weight is 405 g/mol. The molecule has 4 aromatic rings. The fourth-order valence-corrected chi connectivity index (χ4v) is 4.89. The number of amidine groups is 1. The molecule has 0 fully saturated rings. The second-order valence-electron chi connectivity index (χ2n) is 7.58. The van der Waals surface area contributed by atoms with Crippen LogP contribution in [-0.2, 0) is 6.42 Å². The highest BCUT2D eigenvalue weighted by Gasteiger charge is 2.22. The van der Waals surface area contributed by atoms with E-state index in [0.717, 1.165) is 34.9 Å². The van der Waals surface area contributed by atoms with E-state index in [2.05, 4.69) is 75.0 Å². The normalized spacial score (nSPS) is 17.7. The first-order valence-electron chi connectivity index (χ1n) is 9.87. The lowest BCUT2D eigenvalue weighted by Crippen LogP contribution is -2.37. The highest BCUT2D eigenvalue weighted by molar-refractivity contribution is 8.14. The van der Waals surface area contributed by atoms with Crippen molar-refractivity contribution in [2.45, 2.75) is 24.6 Å². The Hall–Kier alpha value is -2.77. The van der Waals surface area contributed by atoms with Crippen LogP contribution in [0.5, 0.6) is 0 Å². The van der Waals surface area contributed by atoms with Crippen LogP contribution in [0.2, 0.25) is 0 Å². The van der Waals surface area contributed by atoms with Gasteiger partial charge in [0.2, 0.25) is 0 Å². The van der Waals surface area contributed by atoms with Crippen LogP contribution >= 0.6 is 11.8 Å². The molecule has 3 heterocycles. The lowest BCUT2D eigenvalue weighted by Gasteiger charge is -2.14. The van der Waals surface area contributed by atoms with E-state index >= 15 is 0 Å². The van der Waals surface area contributed by atoms with Gasteiger partial charge in [0.15, 0.2) is 5.17 Å². The summed E-state index contributed by atoms with van der Waals surface area (Å²) in [5.41, 5.74) is 12.2. The van der Waals surface area contributed by atoms with Crippen molar-refractivity contribution in [1.29, 1.82) is 0 Å². The molecule has 2 aromatic carbocycles. The molecule has 0 radical (unpaired) electrons. The molecule has 7 heteroatoms. The molecule has 148 valence electrons. The van der Waals surface area contributed by atoms with E-state index in [1.807, 2.05) is 6.07 Å². The van der Waals surface area contributed by atoms with Crippen LogP contribution in [0.3, 0.4) is 0 Å². The molecule has 1 aliphatic heterocycles. The molecule has 0 spiro atoms. The summed E-state index contributed by atoms with van der Waals surface area (Å²) in [5, 5.41) is 14.6. The number of hydrogen-bond acceptors (Lipinski definition) is 5. The fourth-order valence-electron chi connectivity index (χ4n) is 3.88. The lowest BCUT2D eigenvalue weighted by atomic mass is 10.1. The smallest absolute Gasteiger partial charge is 0.157 e. The predicted molar refractivity (Wildman–Crippen MR) is 121 cm³/mol. The van der Waals surface area contributed by atoms with Gasteiger partial charge in [-0.25, -0.2) is 0 Å². The standard InChI is InChI=1S/C22H24N6S/c1-13-18-9-14(6-7-20(18)28-27-13)21-12-26-22(29-21)25-11-16(23)8-15-10-24-19-5-3-2-4-17(15)19/h2-7,9-10,16,21,24H,8,11-12,23H2,1H3,(H,25,26)(H,27,28)/t16-,21?/m0/s1. The second kappa shape index (κ2) is 7.57. The Morgan fingerprint density at radius 3 is 3.07 bits per heavy atom. The molecule has 0 aliphatic carbocycles. The Morgan fingerprint density at radius 2 is 2.14 bits per heavy atom. The van der Waals surface area contributed by atoms with Gasteiger partial charge in [0, 0.05) is 40.8 Å². The van der Waals surface area contributed by atoms with Gasteiger partial charge in [0.05, 0.1) is 17.3 Å². The van der Waals surface area contributed by atoms with Crippen LogP contribution in [0.25, 0.3) is 21.8 Å². The van der Waals surface area contributed by atoms with Crippen LogP contribution in [0.15, 0.2) is 53.7 Å². The van der Waals surface area contributed by atoms with Gasteiger partial charge in [-0.05, 0) is 42.7 Å². The topological polar surface area (TPSA) is 94.9 Å². The van der Waals surface area contributed by atoms with Gasteiger partial charge in [-0.2, -0.15) is 5.10 Å². The molecular weight excluding hydrogens is 380 g/mol. The van der Waals surface area contributed by atoms with Crippen molar-refractivity contribution in [3.8, 4) is 0 Å². The van der Waals surface area contributed by atoms with E-state index in [4.69, 9.17) is 5.73 Å². The van der Waals surface area contributed by atoms with E-state index in [1.54, 1.807) is 11.8 Å². The van der Waals surface area contributed by atoms with Crippen molar-refractivity contribution in [3.63, 3.8) is 0 Å². The maximum Gasteiger partial charge on any atom is 0.157 e. The number of aryl methyl sites for hydroxylation is 1. The highest BCUT2D eigenvalue weighted by Crippen LogP contribution is 2.35. The number of thioether (sulfide) groups is 1. The van der Waals surface area contributed by atoms with Crippen LogP contribution in [-0.4, -0.2) is 39.5 Å². The lowest BCUT2D eigenvalue weighted by molar-refractivity contribution is 0.648. The number of fused-ring (bicyclic) bond motifs is 2. The molecule has 0 saturated carbocycles. The van der Waals surface area contributed by atoms with E-state index < -0.39 is 0 Å². The first-order valence-corrected chi connectivity index (χ1v) is 10.8. The Balaban J connectivity index is 1.18. The summed E-state index contributed by atoms with van der Waals surface area (Å²) < 4.78 is 0. The number of H-pyrrole nitrogens is 2. The molecule has 5 N–H and O–H groups in total. The molecule has 2 aromatic heterocycles. The number of para-hydroxylation sites is 1. The molecule has 1 aliphatic rings. The van der Waals surface area contributed by atoms with Crippen molar-refractivity contribution in [2.75, 3.05) is 13.1 Å². The van der Waals surface area contributed by atoms with Crippen LogP contribution < -0.4 is 11.1 Å². The third-order valence-corrected chi connectivity index (χ3v) is 6.67. The number of aromatic nitrogens is 3. The van der Waals surface area contributed by atoms with Gasteiger partial charge in [-0.15, -0.1) is 0 Å².